The zero-order chi connectivity index (χ0) is 24.6. The predicted octanol–water partition coefficient (Wildman–Crippen LogP) is 4.71. The molecule has 1 unspecified atom stereocenters. The number of piperidine rings is 1. The molecular weight excluding hydrogens is 459 g/mol. The van der Waals surface area contributed by atoms with Crippen LogP contribution in [0.4, 0.5) is 19.0 Å². The molecule has 0 radical (unpaired) electrons. The molecule has 1 atom stereocenters. The van der Waals surface area contributed by atoms with Gasteiger partial charge in [-0.1, -0.05) is 6.07 Å². The molecule has 0 amide bonds. The van der Waals surface area contributed by atoms with Gasteiger partial charge in [-0.15, -0.1) is 0 Å². The van der Waals surface area contributed by atoms with Crippen LogP contribution in [-0.2, 0) is 4.74 Å². The standard InChI is InChI=1S/C25H24F3N5O2/c26-24-16(2-1-7-31-24)15-3-4-20-17(10-15)19(13-34-14-22(29)30)18-11-23(32-12-21(18)35-20)33-8-5-25(27,28)6-9-33/h1-4,7,10-12,19H,5-6,8-9,13-14H2,(H3,29,30). The summed E-state index contributed by atoms with van der Waals surface area (Å²) < 4.78 is 53.5. The minimum absolute atomic E-state index is 0.0436. The van der Waals surface area contributed by atoms with Gasteiger partial charge in [0.25, 0.3) is 5.92 Å². The summed E-state index contributed by atoms with van der Waals surface area (Å²) in [6.45, 7) is 0.542. The maximum atomic E-state index is 14.4. The monoisotopic (exact) mass is 483 g/mol. The van der Waals surface area contributed by atoms with Crippen molar-refractivity contribution in [2.24, 2.45) is 5.73 Å². The number of rotatable bonds is 6. The summed E-state index contributed by atoms with van der Waals surface area (Å²) in [5.41, 5.74) is 7.99. The number of pyridine rings is 2. The second-order valence-electron chi connectivity index (χ2n) is 8.71. The van der Waals surface area contributed by atoms with Gasteiger partial charge in [0.15, 0.2) is 0 Å². The van der Waals surface area contributed by atoms with Gasteiger partial charge < -0.3 is 20.1 Å². The maximum Gasteiger partial charge on any atom is 0.251 e. The molecule has 0 aliphatic carbocycles. The average molecular weight is 483 g/mol. The molecule has 1 fully saturated rings. The largest absolute Gasteiger partial charge is 0.455 e. The van der Waals surface area contributed by atoms with E-state index in [-0.39, 0.29) is 50.9 Å². The number of alkyl halides is 2. The molecule has 10 heteroatoms. The van der Waals surface area contributed by atoms with Crippen molar-refractivity contribution in [2.75, 3.05) is 31.2 Å². The van der Waals surface area contributed by atoms with E-state index in [2.05, 4.69) is 9.97 Å². The van der Waals surface area contributed by atoms with Crippen LogP contribution in [0, 0.1) is 11.4 Å². The molecule has 0 bridgehead atoms. The Morgan fingerprint density at radius 1 is 1.14 bits per heavy atom. The van der Waals surface area contributed by atoms with E-state index in [1.165, 1.54) is 6.20 Å². The average Bonchev–Trinajstić information content (AvgIpc) is 2.83. The van der Waals surface area contributed by atoms with E-state index in [9.17, 15) is 13.2 Å². The van der Waals surface area contributed by atoms with Crippen molar-refractivity contribution in [3.8, 4) is 22.6 Å². The molecule has 2 aliphatic rings. The molecule has 5 rings (SSSR count). The highest BCUT2D eigenvalue weighted by Gasteiger charge is 2.35. The maximum absolute atomic E-state index is 14.4. The fourth-order valence-electron chi connectivity index (χ4n) is 4.48. The zero-order valence-electron chi connectivity index (χ0n) is 18.8. The minimum Gasteiger partial charge on any atom is -0.455 e. The Hall–Kier alpha value is -3.66. The van der Waals surface area contributed by atoms with Gasteiger partial charge in [0.1, 0.15) is 29.8 Å². The number of ether oxygens (including phenoxy) is 2. The van der Waals surface area contributed by atoms with E-state index in [1.54, 1.807) is 30.5 Å². The highest BCUT2D eigenvalue weighted by atomic mass is 19.3. The molecule has 2 aromatic heterocycles. The van der Waals surface area contributed by atoms with Crippen LogP contribution in [0.25, 0.3) is 11.1 Å². The first kappa shape index (κ1) is 23.1. The fourth-order valence-corrected chi connectivity index (χ4v) is 4.48. The van der Waals surface area contributed by atoms with Crippen molar-refractivity contribution >= 4 is 11.7 Å². The normalized spacial score (nSPS) is 18.4. The van der Waals surface area contributed by atoms with Crippen LogP contribution in [0.3, 0.4) is 0 Å². The van der Waals surface area contributed by atoms with Crippen LogP contribution in [0.2, 0.25) is 0 Å². The van der Waals surface area contributed by atoms with Crippen LogP contribution >= 0.6 is 0 Å². The number of amidine groups is 1. The lowest BCUT2D eigenvalue weighted by Gasteiger charge is -2.34. The van der Waals surface area contributed by atoms with Gasteiger partial charge in [-0.2, -0.15) is 4.39 Å². The summed E-state index contributed by atoms with van der Waals surface area (Å²) in [5, 5.41) is 7.47. The van der Waals surface area contributed by atoms with E-state index in [0.29, 0.717) is 28.4 Å². The molecule has 2 aliphatic heterocycles. The molecule has 4 heterocycles. The van der Waals surface area contributed by atoms with Gasteiger partial charge in [-0.25, -0.2) is 18.7 Å². The SMILES string of the molecule is N=C(N)COCC1c2cc(-c3cccnc3F)ccc2Oc2cnc(N3CCC(F)(F)CC3)cc21. The predicted molar refractivity (Wildman–Crippen MR) is 125 cm³/mol. The van der Waals surface area contributed by atoms with Crippen molar-refractivity contribution < 1.29 is 22.6 Å². The lowest BCUT2D eigenvalue weighted by Crippen LogP contribution is -2.39. The number of benzene rings is 1. The summed E-state index contributed by atoms with van der Waals surface area (Å²) in [4.78, 5) is 10.0. The van der Waals surface area contributed by atoms with Crippen LogP contribution in [0.1, 0.15) is 29.9 Å². The Labute approximate surface area is 200 Å². The number of hydrogen-bond donors (Lipinski definition) is 2. The summed E-state index contributed by atoms with van der Waals surface area (Å²) >= 11 is 0. The van der Waals surface area contributed by atoms with Gasteiger partial charge in [-0.3, -0.25) is 5.41 Å². The number of nitrogens with two attached hydrogens (primary N) is 1. The van der Waals surface area contributed by atoms with Gasteiger partial charge in [-0.05, 0) is 35.9 Å². The van der Waals surface area contributed by atoms with Crippen molar-refractivity contribution in [1.82, 2.24) is 9.97 Å². The Kier molecular flexibility index (Phi) is 6.06. The van der Waals surface area contributed by atoms with Crippen LogP contribution in [0.5, 0.6) is 11.5 Å². The number of fused-ring (bicyclic) bond motifs is 2. The summed E-state index contributed by atoms with van der Waals surface area (Å²) in [5.74, 6) is -1.99. The number of anilines is 1. The van der Waals surface area contributed by atoms with Crippen LogP contribution in [-0.4, -0.2) is 48.0 Å². The Bertz CT molecular complexity index is 1260. The van der Waals surface area contributed by atoms with Crippen molar-refractivity contribution in [1.29, 1.82) is 5.41 Å². The number of hydrogen-bond acceptors (Lipinski definition) is 6. The Balaban J connectivity index is 1.52. The topological polar surface area (TPSA) is 97.4 Å². The van der Waals surface area contributed by atoms with Gasteiger partial charge >= 0.3 is 0 Å². The fraction of sp³-hybridized carbons (Fsp3) is 0.320. The summed E-state index contributed by atoms with van der Waals surface area (Å²) in [6, 6.07) is 10.5. The second kappa shape index (κ2) is 9.18. The van der Waals surface area contributed by atoms with Crippen molar-refractivity contribution in [2.45, 2.75) is 24.7 Å². The Morgan fingerprint density at radius 3 is 2.66 bits per heavy atom. The van der Waals surface area contributed by atoms with Gasteiger partial charge in [0, 0.05) is 54.7 Å². The third kappa shape index (κ3) is 4.79. The summed E-state index contributed by atoms with van der Waals surface area (Å²) in [6.07, 6.45) is 2.53. The molecule has 1 saturated heterocycles. The molecular formula is C25H24F3N5O2. The highest BCUT2D eigenvalue weighted by Crippen LogP contribution is 2.46. The van der Waals surface area contributed by atoms with Gasteiger partial charge in [0.05, 0.1) is 12.8 Å². The lowest BCUT2D eigenvalue weighted by atomic mass is 9.87. The first-order chi connectivity index (χ1) is 16.8. The van der Waals surface area contributed by atoms with E-state index in [0.717, 1.165) is 11.1 Å². The lowest BCUT2D eigenvalue weighted by molar-refractivity contribution is -0.0221. The molecule has 0 spiro atoms. The number of nitrogens with one attached hydrogen (secondary N) is 1. The molecule has 0 saturated carbocycles. The van der Waals surface area contributed by atoms with Crippen molar-refractivity contribution in [3.05, 3.63) is 65.9 Å². The van der Waals surface area contributed by atoms with Gasteiger partial charge in [0.2, 0.25) is 5.95 Å². The van der Waals surface area contributed by atoms with Crippen molar-refractivity contribution in [3.63, 3.8) is 0 Å². The quantitative estimate of drug-likeness (QED) is 0.300. The second-order valence-corrected chi connectivity index (χ2v) is 8.71. The summed E-state index contributed by atoms with van der Waals surface area (Å²) in [7, 11) is 0. The molecule has 7 nitrogen and oxygen atoms in total. The van der Waals surface area contributed by atoms with E-state index >= 15 is 0 Å². The van der Waals surface area contributed by atoms with E-state index in [4.69, 9.17) is 20.6 Å². The molecule has 35 heavy (non-hydrogen) atoms. The first-order valence-electron chi connectivity index (χ1n) is 11.3. The molecule has 1 aromatic carbocycles. The molecule has 3 aromatic rings. The van der Waals surface area contributed by atoms with E-state index in [1.807, 2.05) is 17.0 Å². The smallest absolute Gasteiger partial charge is 0.251 e. The van der Waals surface area contributed by atoms with Crippen LogP contribution in [0.15, 0.2) is 48.8 Å². The third-order valence-electron chi connectivity index (χ3n) is 6.29. The van der Waals surface area contributed by atoms with Crippen LogP contribution < -0.4 is 15.4 Å². The molecule has 182 valence electrons. The molecule has 3 N–H and O–H groups in total. The zero-order valence-corrected chi connectivity index (χ0v) is 18.8. The number of aromatic nitrogens is 2. The minimum atomic E-state index is -2.66. The van der Waals surface area contributed by atoms with E-state index < -0.39 is 11.9 Å². The number of nitrogens with zero attached hydrogens (tertiary/aromatic N) is 3. The number of halogens is 3. The highest BCUT2D eigenvalue weighted by molar-refractivity contribution is 5.78. The third-order valence-corrected chi connectivity index (χ3v) is 6.29. The Morgan fingerprint density at radius 2 is 1.91 bits per heavy atom. The first-order valence-corrected chi connectivity index (χ1v) is 11.3.